The van der Waals surface area contributed by atoms with Crippen LogP contribution in [0.3, 0.4) is 0 Å². The topological polar surface area (TPSA) is 121 Å². The highest BCUT2D eigenvalue weighted by Crippen LogP contribution is 2.25. The van der Waals surface area contributed by atoms with Gasteiger partial charge >= 0.3 is 11.9 Å². The predicted octanol–water partition coefficient (Wildman–Crippen LogP) is -0.214. The highest BCUT2D eigenvalue weighted by molar-refractivity contribution is 7.03. The smallest absolute Gasteiger partial charge is 0.309 e. The number of amides is 1. The maximum atomic E-state index is 12.0. The van der Waals surface area contributed by atoms with E-state index in [2.05, 4.69) is 9.59 Å². The van der Waals surface area contributed by atoms with Gasteiger partial charge < -0.3 is 15.1 Å². The summed E-state index contributed by atoms with van der Waals surface area (Å²) in [6.07, 6.45) is 0.121. The fourth-order valence-electron chi connectivity index (χ4n) is 2.10. The van der Waals surface area contributed by atoms with Crippen molar-refractivity contribution in [2.24, 2.45) is 11.8 Å². The number of aliphatic carboxylic acids is 2. The van der Waals surface area contributed by atoms with Crippen LogP contribution in [0.15, 0.2) is 5.38 Å². The number of carbonyl (C=O) groups is 3. The molecule has 1 aliphatic heterocycles. The van der Waals surface area contributed by atoms with Crippen molar-refractivity contribution in [3.05, 3.63) is 11.1 Å². The second-order valence-electron chi connectivity index (χ2n) is 4.22. The Kier molecular flexibility index (Phi) is 3.74. The van der Waals surface area contributed by atoms with E-state index in [4.69, 9.17) is 10.2 Å². The summed E-state index contributed by atoms with van der Waals surface area (Å²) in [5.74, 6) is -4.82. The van der Waals surface area contributed by atoms with Crippen LogP contribution in [-0.2, 0) is 9.59 Å². The number of rotatable bonds is 3. The second kappa shape index (κ2) is 5.31. The maximum absolute atomic E-state index is 12.0. The van der Waals surface area contributed by atoms with Crippen LogP contribution >= 0.6 is 11.5 Å². The zero-order valence-corrected chi connectivity index (χ0v) is 10.5. The summed E-state index contributed by atoms with van der Waals surface area (Å²) in [6, 6.07) is 0. The van der Waals surface area contributed by atoms with Gasteiger partial charge in [-0.2, -0.15) is 0 Å². The molecule has 0 radical (unpaired) electrons. The molecule has 2 unspecified atom stereocenters. The summed E-state index contributed by atoms with van der Waals surface area (Å²) in [7, 11) is 0. The van der Waals surface area contributed by atoms with Gasteiger partial charge in [-0.1, -0.05) is 4.49 Å². The van der Waals surface area contributed by atoms with Gasteiger partial charge in [0.05, 0.1) is 11.8 Å². The van der Waals surface area contributed by atoms with E-state index < -0.39 is 29.7 Å². The molecule has 1 fully saturated rings. The lowest BCUT2D eigenvalue weighted by Crippen LogP contribution is -2.48. The van der Waals surface area contributed by atoms with Gasteiger partial charge in [-0.05, 0) is 18.0 Å². The Balaban J connectivity index is 2.13. The zero-order chi connectivity index (χ0) is 14.0. The van der Waals surface area contributed by atoms with Crippen molar-refractivity contribution in [2.75, 3.05) is 13.1 Å². The largest absolute Gasteiger partial charge is 0.481 e. The van der Waals surface area contributed by atoms with Crippen molar-refractivity contribution in [3.63, 3.8) is 0 Å². The number of carboxylic acid groups (broad SMARTS) is 2. The van der Waals surface area contributed by atoms with E-state index in [0.717, 1.165) is 11.5 Å². The Morgan fingerprint density at radius 1 is 1.26 bits per heavy atom. The maximum Gasteiger partial charge on any atom is 0.309 e. The number of hydrogen-bond acceptors (Lipinski definition) is 6. The third-order valence-corrected chi connectivity index (χ3v) is 3.62. The Labute approximate surface area is 111 Å². The van der Waals surface area contributed by atoms with E-state index in [1.165, 1.54) is 10.3 Å². The molecule has 2 atom stereocenters. The monoisotopic (exact) mass is 285 g/mol. The van der Waals surface area contributed by atoms with Crippen LogP contribution < -0.4 is 0 Å². The molecule has 0 saturated carbocycles. The van der Waals surface area contributed by atoms with Crippen LogP contribution in [0.2, 0.25) is 0 Å². The minimum absolute atomic E-state index is 0.121. The molecule has 1 aromatic rings. The number of piperidine rings is 1. The van der Waals surface area contributed by atoms with Gasteiger partial charge in [0.1, 0.15) is 0 Å². The summed E-state index contributed by atoms with van der Waals surface area (Å²) < 4.78 is 3.57. The van der Waals surface area contributed by atoms with E-state index >= 15 is 0 Å². The quantitative estimate of drug-likeness (QED) is 0.787. The summed E-state index contributed by atoms with van der Waals surface area (Å²) in [6.45, 7) is 0.0831. The van der Waals surface area contributed by atoms with Gasteiger partial charge in [0, 0.05) is 18.5 Å². The highest BCUT2D eigenvalue weighted by Gasteiger charge is 2.40. The van der Waals surface area contributed by atoms with E-state index in [0.29, 0.717) is 0 Å². The van der Waals surface area contributed by atoms with Gasteiger partial charge in [0.25, 0.3) is 5.91 Å². The third-order valence-electron chi connectivity index (χ3n) is 3.11. The van der Waals surface area contributed by atoms with Crippen molar-refractivity contribution >= 4 is 29.4 Å². The first-order valence-electron chi connectivity index (χ1n) is 5.52. The molecule has 1 amide bonds. The molecule has 0 bridgehead atoms. The minimum atomic E-state index is -1.21. The summed E-state index contributed by atoms with van der Waals surface area (Å²) in [5, 5.41) is 23.1. The average molecular weight is 285 g/mol. The predicted molar refractivity (Wildman–Crippen MR) is 62.7 cm³/mol. The van der Waals surface area contributed by atoms with Crippen molar-refractivity contribution in [1.29, 1.82) is 0 Å². The summed E-state index contributed by atoms with van der Waals surface area (Å²) in [5.41, 5.74) is 0.155. The van der Waals surface area contributed by atoms with Crippen LogP contribution in [0.1, 0.15) is 16.9 Å². The van der Waals surface area contributed by atoms with Gasteiger partial charge in [-0.3, -0.25) is 14.4 Å². The fraction of sp³-hybridized carbons (Fsp3) is 0.500. The first-order chi connectivity index (χ1) is 9.00. The summed E-state index contributed by atoms with van der Waals surface area (Å²) in [4.78, 5) is 35.4. The molecule has 0 spiro atoms. The molecule has 8 nitrogen and oxygen atoms in total. The zero-order valence-electron chi connectivity index (χ0n) is 9.72. The van der Waals surface area contributed by atoms with E-state index in [9.17, 15) is 14.4 Å². The Morgan fingerprint density at radius 3 is 2.47 bits per heavy atom. The van der Waals surface area contributed by atoms with Crippen LogP contribution in [0.5, 0.6) is 0 Å². The van der Waals surface area contributed by atoms with Crippen LogP contribution in [-0.4, -0.2) is 55.6 Å². The molecular weight excluding hydrogens is 274 g/mol. The molecule has 1 saturated heterocycles. The highest BCUT2D eigenvalue weighted by atomic mass is 32.1. The Bertz CT molecular complexity index is 503. The van der Waals surface area contributed by atoms with Gasteiger partial charge in [-0.25, -0.2) is 0 Å². The van der Waals surface area contributed by atoms with Crippen LogP contribution in [0, 0.1) is 11.8 Å². The van der Waals surface area contributed by atoms with Crippen molar-refractivity contribution in [1.82, 2.24) is 14.5 Å². The van der Waals surface area contributed by atoms with Gasteiger partial charge in [-0.15, -0.1) is 5.10 Å². The molecule has 0 aromatic carbocycles. The molecule has 2 heterocycles. The molecule has 1 aromatic heterocycles. The summed E-state index contributed by atoms with van der Waals surface area (Å²) >= 11 is 1.03. The van der Waals surface area contributed by atoms with E-state index in [1.807, 2.05) is 0 Å². The molecule has 2 N–H and O–H groups in total. The Hall–Kier alpha value is -2.03. The Morgan fingerprint density at radius 2 is 1.95 bits per heavy atom. The lowest BCUT2D eigenvalue weighted by Gasteiger charge is -2.34. The molecule has 0 aliphatic carbocycles. The average Bonchev–Trinajstić information content (AvgIpc) is 2.90. The lowest BCUT2D eigenvalue weighted by atomic mass is 9.85. The second-order valence-corrected chi connectivity index (χ2v) is 4.83. The number of aromatic nitrogens is 2. The van der Waals surface area contributed by atoms with Crippen LogP contribution in [0.25, 0.3) is 0 Å². The number of carbonyl (C=O) groups excluding carboxylic acids is 1. The fourth-order valence-corrected chi connectivity index (χ4v) is 2.53. The normalized spacial score (nSPS) is 23.1. The minimum Gasteiger partial charge on any atom is -0.481 e. The lowest BCUT2D eigenvalue weighted by molar-refractivity contribution is -0.156. The molecule has 1 aliphatic rings. The number of hydrogen-bond donors (Lipinski definition) is 2. The first kappa shape index (κ1) is 13.4. The van der Waals surface area contributed by atoms with Crippen molar-refractivity contribution in [2.45, 2.75) is 6.42 Å². The molecular formula is C10H11N3O5S. The molecule has 2 rings (SSSR count). The molecule has 19 heavy (non-hydrogen) atoms. The standard InChI is InChI=1S/C10H11N3O5S/c14-8(7-4-19-12-11-7)13-2-1-5(9(15)16)6(3-13)10(17)18/h4-6H,1-3H2,(H,15,16)(H,17,18). The van der Waals surface area contributed by atoms with E-state index in [1.54, 1.807) is 0 Å². The third kappa shape index (κ3) is 2.70. The number of carboxylic acids is 2. The van der Waals surface area contributed by atoms with E-state index in [-0.39, 0.29) is 25.2 Å². The molecule has 102 valence electrons. The number of likely N-dealkylation sites (tertiary alicyclic amines) is 1. The molecule has 9 heteroatoms. The van der Waals surface area contributed by atoms with Crippen molar-refractivity contribution < 1.29 is 24.6 Å². The van der Waals surface area contributed by atoms with Crippen molar-refractivity contribution in [3.8, 4) is 0 Å². The van der Waals surface area contributed by atoms with Gasteiger partial charge in [0.15, 0.2) is 5.69 Å². The SMILES string of the molecule is O=C(O)C1CCN(C(=O)c2csnn2)CC1C(=O)O. The first-order valence-corrected chi connectivity index (χ1v) is 6.36. The number of nitrogens with zero attached hydrogens (tertiary/aromatic N) is 3. The van der Waals surface area contributed by atoms with Gasteiger partial charge in [0.2, 0.25) is 0 Å². The van der Waals surface area contributed by atoms with Crippen LogP contribution in [0.4, 0.5) is 0 Å².